The van der Waals surface area contributed by atoms with E-state index >= 15 is 0 Å². The second-order valence-electron chi connectivity index (χ2n) is 8.43. The van der Waals surface area contributed by atoms with Crippen molar-refractivity contribution in [2.24, 2.45) is 4.99 Å². The molecule has 0 spiro atoms. The van der Waals surface area contributed by atoms with Gasteiger partial charge in [-0.15, -0.1) is 0 Å². The van der Waals surface area contributed by atoms with Gasteiger partial charge in [0, 0.05) is 48.8 Å². The van der Waals surface area contributed by atoms with Gasteiger partial charge in [0.2, 0.25) is 0 Å². The standard InChI is InChI=1S/C26H32FN5O/c1-2-28-26(29-13-12-21-18-30-24-11-10-22(27)16-23(21)24)31-17-19-6-8-20(9-7-19)25(33)32-14-4-3-5-15-32/h6-11,16,18,30H,2-5,12-15,17H2,1H3,(H2,28,29,31). The monoisotopic (exact) mass is 449 g/mol. The number of H-pyrrole nitrogens is 1. The van der Waals surface area contributed by atoms with Crippen molar-refractivity contribution >= 4 is 22.8 Å². The van der Waals surface area contributed by atoms with Crippen LogP contribution in [0.1, 0.15) is 47.7 Å². The summed E-state index contributed by atoms with van der Waals surface area (Å²) >= 11 is 0. The maximum atomic E-state index is 13.6. The zero-order valence-corrected chi connectivity index (χ0v) is 19.2. The van der Waals surface area contributed by atoms with Crippen LogP contribution >= 0.6 is 0 Å². The number of aromatic amines is 1. The van der Waals surface area contributed by atoms with Gasteiger partial charge in [-0.25, -0.2) is 9.38 Å². The molecule has 3 aromatic rings. The van der Waals surface area contributed by atoms with Crippen LogP contribution < -0.4 is 10.6 Å². The lowest BCUT2D eigenvalue weighted by molar-refractivity contribution is 0.0724. The maximum Gasteiger partial charge on any atom is 0.253 e. The molecular weight excluding hydrogens is 417 g/mol. The SMILES string of the molecule is CCNC(=NCc1ccc(C(=O)N2CCCCC2)cc1)NCCc1c[nH]c2ccc(F)cc12. The second-order valence-corrected chi connectivity index (χ2v) is 8.43. The van der Waals surface area contributed by atoms with Gasteiger partial charge in [0.1, 0.15) is 5.82 Å². The quantitative estimate of drug-likeness (QED) is 0.373. The summed E-state index contributed by atoms with van der Waals surface area (Å²) in [4.78, 5) is 22.4. The molecule has 0 aliphatic carbocycles. The fraction of sp³-hybridized carbons (Fsp3) is 0.385. The van der Waals surface area contributed by atoms with Gasteiger partial charge in [-0.1, -0.05) is 12.1 Å². The van der Waals surface area contributed by atoms with Crippen LogP contribution in [0.25, 0.3) is 10.9 Å². The summed E-state index contributed by atoms with van der Waals surface area (Å²) in [7, 11) is 0. The number of aliphatic imine (C=N–C) groups is 1. The van der Waals surface area contributed by atoms with Crippen molar-refractivity contribution in [1.82, 2.24) is 20.5 Å². The summed E-state index contributed by atoms with van der Waals surface area (Å²) in [5, 5.41) is 7.53. The van der Waals surface area contributed by atoms with E-state index in [4.69, 9.17) is 0 Å². The topological polar surface area (TPSA) is 72.5 Å². The number of carbonyl (C=O) groups is 1. The van der Waals surface area contributed by atoms with Gasteiger partial charge < -0.3 is 20.5 Å². The highest BCUT2D eigenvalue weighted by Crippen LogP contribution is 2.19. The summed E-state index contributed by atoms with van der Waals surface area (Å²) in [6.45, 7) is 5.70. The Bertz CT molecular complexity index is 1100. The predicted octanol–water partition coefficient (Wildman–Crippen LogP) is 4.23. The molecule has 2 aromatic carbocycles. The Balaban J connectivity index is 1.32. The van der Waals surface area contributed by atoms with Gasteiger partial charge in [-0.2, -0.15) is 0 Å². The summed E-state index contributed by atoms with van der Waals surface area (Å²) < 4.78 is 13.6. The number of hydrogen-bond acceptors (Lipinski definition) is 2. The van der Waals surface area contributed by atoms with E-state index in [1.54, 1.807) is 12.1 Å². The molecule has 174 valence electrons. The summed E-state index contributed by atoms with van der Waals surface area (Å²) in [5.41, 5.74) is 3.80. The molecule has 0 radical (unpaired) electrons. The van der Waals surface area contributed by atoms with Crippen molar-refractivity contribution in [1.29, 1.82) is 0 Å². The molecule has 0 bridgehead atoms. The highest BCUT2D eigenvalue weighted by Gasteiger charge is 2.17. The fourth-order valence-electron chi connectivity index (χ4n) is 4.22. The molecule has 4 rings (SSSR count). The molecule has 0 atom stereocenters. The van der Waals surface area contributed by atoms with E-state index in [1.165, 1.54) is 12.5 Å². The molecule has 3 N–H and O–H groups in total. The molecular formula is C26H32FN5O. The smallest absolute Gasteiger partial charge is 0.253 e. The Labute approximate surface area is 194 Å². The number of fused-ring (bicyclic) bond motifs is 1. The molecule has 1 aliphatic heterocycles. The molecule has 1 aromatic heterocycles. The van der Waals surface area contributed by atoms with Gasteiger partial charge in [0.25, 0.3) is 5.91 Å². The number of nitrogens with one attached hydrogen (secondary N) is 3. The van der Waals surface area contributed by atoms with Crippen LogP contribution in [0.3, 0.4) is 0 Å². The van der Waals surface area contributed by atoms with Gasteiger partial charge in [-0.05, 0) is 74.1 Å². The van der Waals surface area contributed by atoms with Crippen LogP contribution in [-0.2, 0) is 13.0 Å². The summed E-state index contributed by atoms with van der Waals surface area (Å²) in [6, 6.07) is 12.6. The van der Waals surface area contributed by atoms with Crippen LogP contribution in [0.2, 0.25) is 0 Å². The Morgan fingerprint density at radius 2 is 1.88 bits per heavy atom. The number of guanidine groups is 1. The van der Waals surface area contributed by atoms with Gasteiger partial charge >= 0.3 is 0 Å². The first-order valence-electron chi connectivity index (χ1n) is 11.8. The lowest BCUT2D eigenvalue weighted by Gasteiger charge is -2.26. The molecule has 7 heteroatoms. The summed E-state index contributed by atoms with van der Waals surface area (Å²) in [6.07, 6.45) is 6.08. The number of halogens is 1. The minimum Gasteiger partial charge on any atom is -0.361 e. The maximum absolute atomic E-state index is 13.6. The molecule has 0 unspecified atom stereocenters. The Morgan fingerprint density at radius 3 is 2.64 bits per heavy atom. The highest BCUT2D eigenvalue weighted by atomic mass is 19.1. The van der Waals surface area contributed by atoms with E-state index in [9.17, 15) is 9.18 Å². The average molecular weight is 450 g/mol. The van der Waals surface area contributed by atoms with Gasteiger partial charge in [0.05, 0.1) is 6.54 Å². The van der Waals surface area contributed by atoms with Crippen molar-refractivity contribution in [3.8, 4) is 0 Å². The lowest BCUT2D eigenvalue weighted by Crippen LogP contribution is -2.38. The minimum atomic E-state index is -0.227. The number of piperidine rings is 1. The van der Waals surface area contributed by atoms with Crippen LogP contribution in [0.5, 0.6) is 0 Å². The number of rotatable bonds is 7. The van der Waals surface area contributed by atoms with Gasteiger partial charge in [-0.3, -0.25) is 4.79 Å². The molecule has 1 aliphatic rings. The highest BCUT2D eigenvalue weighted by molar-refractivity contribution is 5.94. The molecule has 2 heterocycles. The average Bonchev–Trinajstić information content (AvgIpc) is 3.25. The molecule has 6 nitrogen and oxygen atoms in total. The zero-order valence-electron chi connectivity index (χ0n) is 19.2. The van der Waals surface area contributed by atoms with Crippen molar-refractivity contribution in [2.45, 2.75) is 39.2 Å². The lowest BCUT2D eigenvalue weighted by atomic mass is 10.1. The van der Waals surface area contributed by atoms with Crippen LogP contribution in [0.4, 0.5) is 4.39 Å². The number of likely N-dealkylation sites (tertiary alicyclic amines) is 1. The first-order chi connectivity index (χ1) is 16.1. The number of aromatic nitrogens is 1. The van der Waals surface area contributed by atoms with Gasteiger partial charge in [0.15, 0.2) is 5.96 Å². The number of amides is 1. The zero-order chi connectivity index (χ0) is 23.0. The first-order valence-corrected chi connectivity index (χ1v) is 11.8. The van der Waals surface area contributed by atoms with Crippen molar-refractivity contribution < 1.29 is 9.18 Å². The van der Waals surface area contributed by atoms with Crippen LogP contribution in [-0.4, -0.2) is 47.9 Å². The summed E-state index contributed by atoms with van der Waals surface area (Å²) in [5.74, 6) is 0.628. The fourth-order valence-corrected chi connectivity index (χ4v) is 4.22. The largest absolute Gasteiger partial charge is 0.361 e. The normalized spacial score (nSPS) is 14.5. The molecule has 0 saturated carbocycles. The van der Waals surface area contributed by atoms with E-state index in [-0.39, 0.29) is 11.7 Å². The minimum absolute atomic E-state index is 0.122. The van der Waals surface area contributed by atoms with E-state index in [1.807, 2.05) is 42.3 Å². The van der Waals surface area contributed by atoms with E-state index < -0.39 is 0 Å². The first kappa shape index (κ1) is 22.8. The van der Waals surface area contributed by atoms with Crippen molar-refractivity contribution in [2.75, 3.05) is 26.2 Å². The van der Waals surface area contributed by atoms with Crippen LogP contribution in [0, 0.1) is 5.82 Å². The predicted molar refractivity (Wildman–Crippen MR) is 131 cm³/mol. The van der Waals surface area contributed by atoms with E-state index in [0.29, 0.717) is 13.1 Å². The third kappa shape index (κ3) is 5.92. The molecule has 1 amide bonds. The van der Waals surface area contributed by atoms with Crippen LogP contribution in [0.15, 0.2) is 53.7 Å². The third-order valence-corrected chi connectivity index (χ3v) is 6.02. The molecule has 1 saturated heterocycles. The van der Waals surface area contributed by atoms with Crippen molar-refractivity contribution in [3.05, 3.63) is 71.2 Å². The van der Waals surface area contributed by atoms with E-state index in [0.717, 1.165) is 72.4 Å². The number of hydrogen-bond donors (Lipinski definition) is 3. The third-order valence-electron chi connectivity index (χ3n) is 6.02. The second kappa shape index (κ2) is 11.0. The Hall–Kier alpha value is -3.35. The molecule has 33 heavy (non-hydrogen) atoms. The van der Waals surface area contributed by atoms with Crippen molar-refractivity contribution in [3.63, 3.8) is 0 Å². The number of nitrogens with zero attached hydrogens (tertiary/aromatic N) is 2. The van der Waals surface area contributed by atoms with E-state index in [2.05, 4.69) is 20.6 Å². The Morgan fingerprint density at radius 1 is 1.09 bits per heavy atom. The molecule has 1 fully saturated rings. The Kier molecular flexibility index (Phi) is 7.60. The number of benzene rings is 2. The number of carbonyl (C=O) groups excluding carboxylic acids is 1.